The summed E-state index contributed by atoms with van der Waals surface area (Å²) in [5.74, 6) is 2.15. The number of nitrogens with zero attached hydrogens (tertiary/aromatic N) is 1. The van der Waals surface area contributed by atoms with Gasteiger partial charge in [0.1, 0.15) is 0 Å². The molecule has 1 saturated heterocycles. The SMILES string of the molecule is CCCC[C@@H]1CN(c2ccc(OC)c(OC)c2)CC[C@H]1N.Cl. The zero-order valence-corrected chi connectivity index (χ0v) is 14.7. The van der Waals surface area contributed by atoms with Crippen LogP contribution in [-0.4, -0.2) is 33.4 Å². The monoisotopic (exact) mass is 328 g/mol. The fourth-order valence-corrected chi connectivity index (χ4v) is 3.08. The molecule has 2 rings (SSSR count). The van der Waals surface area contributed by atoms with Crippen molar-refractivity contribution < 1.29 is 9.47 Å². The minimum Gasteiger partial charge on any atom is -0.493 e. The summed E-state index contributed by atoms with van der Waals surface area (Å²) < 4.78 is 10.7. The summed E-state index contributed by atoms with van der Waals surface area (Å²) >= 11 is 0. The van der Waals surface area contributed by atoms with Gasteiger partial charge in [-0.15, -0.1) is 12.4 Å². The Morgan fingerprint density at radius 1 is 1.23 bits per heavy atom. The first-order chi connectivity index (χ1) is 10.2. The number of hydrogen-bond acceptors (Lipinski definition) is 4. The normalized spacial score (nSPS) is 21.2. The maximum absolute atomic E-state index is 6.29. The highest BCUT2D eigenvalue weighted by atomic mass is 35.5. The van der Waals surface area contributed by atoms with Gasteiger partial charge in [-0.3, -0.25) is 0 Å². The number of methoxy groups -OCH3 is 2. The minimum atomic E-state index is 0. The Morgan fingerprint density at radius 2 is 1.95 bits per heavy atom. The lowest BCUT2D eigenvalue weighted by Gasteiger charge is -2.38. The molecule has 1 aromatic rings. The third-order valence-corrected chi connectivity index (χ3v) is 4.45. The molecule has 0 bridgehead atoms. The van der Waals surface area contributed by atoms with Crippen molar-refractivity contribution in [1.29, 1.82) is 0 Å². The molecule has 4 nitrogen and oxygen atoms in total. The van der Waals surface area contributed by atoms with E-state index in [1.54, 1.807) is 14.2 Å². The Balaban J connectivity index is 0.00000242. The molecule has 1 aromatic carbocycles. The number of unbranched alkanes of at least 4 members (excludes halogenated alkanes) is 1. The zero-order chi connectivity index (χ0) is 15.2. The van der Waals surface area contributed by atoms with Crippen molar-refractivity contribution in [2.24, 2.45) is 11.7 Å². The third-order valence-electron chi connectivity index (χ3n) is 4.45. The van der Waals surface area contributed by atoms with Crippen LogP contribution in [0.15, 0.2) is 18.2 Å². The highest BCUT2D eigenvalue weighted by molar-refractivity contribution is 5.85. The molecule has 2 N–H and O–H groups in total. The van der Waals surface area contributed by atoms with E-state index in [0.717, 1.165) is 31.0 Å². The first-order valence-electron chi connectivity index (χ1n) is 7.92. The molecular formula is C17H29ClN2O2. The van der Waals surface area contributed by atoms with Crippen molar-refractivity contribution >= 4 is 18.1 Å². The Hall–Kier alpha value is -1.13. The number of ether oxygens (including phenoxy) is 2. The van der Waals surface area contributed by atoms with Crippen molar-refractivity contribution in [3.8, 4) is 11.5 Å². The Kier molecular flexibility index (Phi) is 7.83. The largest absolute Gasteiger partial charge is 0.493 e. The second-order valence-corrected chi connectivity index (χ2v) is 5.84. The van der Waals surface area contributed by atoms with Crippen LogP contribution in [0.4, 0.5) is 5.69 Å². The van der Waals surface area contributed by atoms with E-state index in [2.05, 4.69) is 24.0 Å². The number of halogens is 1. The number of piperidine rings is 1. The van der Waals surface area contributed by atoms with Crippen molar-refractivity contribution in [2.45, 2.75) is 38.6 Å². The van der Waals surface area contributed by atoms with E-state index in [1.165, 1.54) is 24.9 Å². The summed E-state index contributed by atoms with van der Waals surface area (Å²) in [7, 11) is 3.34. The van der Waals surface area contributed by atoms with Crippen molar-refractivity contribution in [3.63, 3.8) is 0 Å². The van der Waals surface area contributed by atoms with Gasteiger partial charge in [0, 0.05) is 30.9 Å². The molecule has 0 saturated carbocycles. The van der Waals surface area contributed by atoms with Crippen molar-refractivity contribution in [1.82, 2.24) is 0 Å². The van der Waals surface area contributed by atoms with Gasteiger partial charge >= 0.3 is 0 Å². The maximum Gasteiger partial charge on any atom is 0.162 e. The molecule has 1 heterocycles. The second kappa shape index (κ2) is 9.11. The molecule has 1 aliphatic rings. The van der Waals surface area contributed by atoms with Crippen LogP contribution in [0.1, 0.15) is 32.6 Å². The first kappa shape index (κ1) is 18.9. The standard InChI is InChI=1S/C17H28N2O2.ClH/c1-4-5-6-13-12-19(10-9-15(13)18)14-7-8-16(20-2)17(11-14)21-3;/h7-8,11,13,15H,4-6,9-10,12,18H2,1-3H3;1H/t13-,15-;/m1./s1. The first-order valence-corrected chi connectivity index (χ1v) is 7.92. The van der Waals surface area contributed by atoms with Crippen LogP contribution < -0.4 is 20.1 Å². The number of hydrogen-bond donors (Lipinski definition) is 1. The fourth-order valence-electron chi connectivity index (χ4n) is 3.08. The van der Waals surface area contributed by atoms with E-state index in [0.29, 0.717) is 12.0 Å². The lowest BCUT2D eigenvalue weighted by atomic mass is 9.88. The van der Waals surface area contributed by atoms with Crippen LogP contribution in [0.5, 0.6) is 11.5 Å². The third kappa shape index (κ3) is 4.43. The van der Waals surface area contributed by atoms with E-state index in [-0.39, 0.29) is 12.4 Å². The average Bonchev–Trinajstić information content (AvgIpc) is 2.53. The van der Waals surface area contributed by atoms with Crippen LogP contribution in [-0.2, 0) is 0 Å². The van der Waals surface area contributed by atoms with Gasteiger partial charge in [0.2, 0.25) is 0 Å². The van der Waals surface area contributed by atoms with Crippen molar-refractivity contribution in [3.05, 3.63) is 18.2 Å². The molecule has 22 heavy (non-hydrogen) atoms. The minimum absolute atomic E-state index is 0. The predicted molar refractivity (Wildman–Crippen MR) is 94.6 cm³/mol. The summed E-state index contributed by atoms with van der Waals surface area (Å²) in [6, 6.07) is 6.48. The molecule has 5 heteroatoms. The van der Waals surface area contributed by atoms with Gasteiger partial charge in [-0.25, -0.2) is 0 Å². The van der Waals surface area contributed by atoms with E-state index in [9.17, 15) is 0 Å². The molecule has 0 radical (unpaired) electrons. The average molecular weight is 329 g/mol. The molecular weight excluding hydrogens is 300 g/mol. The van der Waals surface area contributed by atoms with E-state index in [4.69, 9.17) is 15.2 Å². The summed E-state index contributed by atoms with van der Waals surface area (Å²) in [5.41, 5.74) is 7.49. The van der Waals surface area contributed by atoms with Gasteiger partial charge in [-0.2, -0.15) is 0 Å². The number of anilines is 1. The number of benzene rings is 1. The van der Waals surface area contributed by atoms with Crippen LogP contribution in [0.2, 0.25) is 0 Å². The number of nitrogens with two attached hydrogens (primary N) is 1. The smallest absolute Gasteiger partial charge is 0.162 e. The second-order valence-electron chi connectivity index (χ2n) is 5.84. The van der Waals surface area contributed by atoms with Crippen LogP contribution >= 0.6 is 12.4 Å². The topological polar surface area (TPSA) is 47.7 Å². The number of rotatable bonds is 6. The fraction of sp³-hybridized carbons (Fsp3) is 0.647. The van der Waals surface area contributed by atoms with E-state index >= 15 is 0 Å². The Bertz CT molecular complexity index is 456. The highest BCUT2D eigenvalue weighted by Gasteiger charge is 2.26. The summed E-state index contributed by atoms with van der Waals surface area (Å²) in [6.45, 7) is 4.29. The van der Waals surface area contributed by atoms with Gasteiger partial charge in [-0.1, -0.05) is 19.8 Å². The van der Waals surface area contributed by atoms with Crippen LogP contribution in [0.25, 0.3) is 0 Å². The molecule has 0 aliphatic carbocycles. The molecule has 0 aromatic heterocycles. The summed E-state index contributed by atoms with van der Waals surface area (Å²) in [4.78, 5) is 2.42. The lowest BCUT2D eigenvalue weighted by Crippen LogP contribution is -2.47. The summed E-state index contributed by atoms with van der Waals surface area (Å²) in [5, 5.41) is 0. The van der Waals surface area contributed by atoms with Crippen LogP contribution in [0.3, 0.4) is 0 Å². The summed E-state index contributed by atoms with van der Waals surface area (Å²) in [6.07, 6.45) is 4.78. The molecule has 1 fully saturated rings. The van der Waals surface area contributed by atoms with E-state index in [1.807, 2.05) is 6.07 Å². The lowest BCUT2D eigenvalue weighted by molar-refractivity contribution is 0.329. The van der Waals surface area contributed by atoms with Gasteiger partial charge < -0.3 is 20.1 Å². The molecule has 0 amide bonds. The highest BCUT2D eigenvalue weighted by Crippen LogP contribution is 2.33. The Labute approximate surface area is 140 Å². The van der Waals surface area contributed by atoms with Gasteiger partial charge in [-0.05, 0) is 30.9 Å². The molecule has 2 atom stereocenters. The quantitative estimate of drug-likeness (QED) is 0.868. The Morgan fingerprint density at radius 3 is 2.59 bits per heavy atom. The maximum atomic E-state index is 6.29. The predicted octanol–water partition coefficient (Wildman–Crippen LogP) is 3.47. The molecule has 0 unspecified atom stereocenters. The van der Waals surface area contributed by atoms with Gasteiger partial charge in [0.05, 0.1) is 14.2 Å². The molecule has 0 spiro atoms. The van der Waals surface area contributed by atoms with Crippen molar-refractivity contribution in [2.75, 3.05) is 32.2 Å². The van der Waals surface area contributed by atoms with Crippen LogP contribution in [0, 0.1) is 5.92 Å². The van der Waals surface area contributed by atoms with E-state index < -0.39 is 0 Å². The molecule has 1 aliphatic heterocycles. The zero-order valence-electron chi connectivity index (χ0n) is 13.9. The van der Waals surface area contributed by atoms with Gasteiger partial charge in [0.15, 0.2) is 11.5 Å². The molecule has 126 valence electrons. The van der Waals surface area contributed by atoms with Gasteiger partial charge in [0.25, 0.3) is 0 Å².